The summed E-state index contributed by atoms with van der Waals surface area (Å²) >= 11 is 0. The molecule has 0 unspecified atom stereocenters. The molecule has 1 amide bonds. The first kappa shape index (κ1) is 16.4. The zero-order valence-corrected chi connectivity index (χ0v) is 13.6. The van der Waals surface area contributed by atoms with Crippen LogP contribution in [-0.2, 0) is 11.3 Å². The second-order valence-corrected chi connectivity index (χ2v) is 5.85. The van der Waals surface area contributed by atoms with Crippen LogP contribution in [0.15, 0.2) is 58.2 Å². The molecular weight excluding hydrogens is 304 g/mol. The maximum Gasteiger partial charge on any atom is 0.254 e. The van der Waals surface area contributed by atoms with E-state index in [1.165, 1.54) is 11.8 Å². The van der Waals surface area contributed by atoms with Gasteiger partial charge in [-0.2, -0.15) is 5.10 Å². The average molecular weight is 326 g/mol. The Morgan fingerprint density at radius 2 is 1.83 bits per heavy atom. The van der Waals surface area contributed by atoms with Gasteiger partial charge in [0.15, 0.2) is 0 Å². The zero-order chi connectivity index (χ0) is 16.6. The molecular formula is C18H22N4O2. The number of hydrazone groups is 1. The van der Waals surface area contributed by atoms with Crippen LogP contribution in [0.2, 0.25) is 0 Å². The minimum Gasteiger partial charge on any atom is -0.463 e. The third kappa shape index (κ3) is 5.04. The summed E-state index contributed by atoms with van der Waals surface area (Å²) in [5.41, 5.74) is 3.86. The Hall–Kier alpha value is -2.44. The standard InChI is InChI=1S/C18H22N4O2/c23-18(20-19-13-17-7-4-12-24-17)15-22-10-8-21(9-11-22)14-16-5-2-1-3-6-16/h1-7,12-13H,8-11,14-15H2,(H,20,23)/b19-13-. The number of amides is 1. The Bertz CT molecular complexity index is 647. The fourth-order valence-corrected chi connectivity index (χ4v) is 2.72. The van der Waals surface area contributed by atoms with Gasteiger partial charge in [0.1, 0.15) is 5.76 Å². The highest BCUT2D eigenvalue weighted by Gasteiger charge is 2.18. The van der Waals surface area contributed by atoms with E-state index >= 15 is 0 Å². The van der Waals surface area contributed by atoms with Gasteiger partial charge in [-0.1, -0.05) is 30.3 Å². The molecule has 0 saturated carbocycles. The van der Waals surface area contributed by atoms with Crippen molar-refractivity contribution in [3.05, 3.63) is 60.1 Å². The van der Waals surface area contributed by atoms with Crippen molar-refractivity contribution in [2.24, 2.45) is 5.10 Å². The van der Waals surface area contributed by atoms with Gasteiger partial charge < -0.3 is 4.42 Å². The molecule has 0 radical (unpaired) electrons. The van der Waals surface area contributed by atoms with Crippen LogP contribution in [0.25, 0.3) is 0 Å². The predicted octanol–water partition coefficient (Wildman–Crippen LogP) is 1.55. The molecule has 0 aliphatic carbocycles. The highest BCUT2D eigenvalue weighted by atomic mass is 16.3. The van der Waals surface area contributed by atoms with Crippen LogP contribution in [0, 0.1) is 0 Å². The largest absolute Gasteiger partial charge is 0.463 e. The molecule has 126 valence electrons. The van der Waals surface area contributed by atoms with E-state index in [1.807, 2.05) is 6.07 Å². The van der Waals surface area contributed by atoms with Crippen molar-refractivity contribution < 1.29 is 9.21 Å². The van der Waals surface area contributed by atoms with Gasteiger partial charge in [-0.15, -0.1) is 0 Å². The second kappa shape index (κ2) is 8.42. The van der Waals surface area contributed by atoms with E-state index in [0.717, 1.165) is 32.7 Å². The summed E-state index contributed by atoms with van der Waals surface area (Å²) in [4.78, 5) is 16.5. The molecule has 3 rings (SSSR count). The molecule has 0 bridgehead atoms. The Morgan fingerprint density at radius 3 is 2.54 bits per heavy atom. The van der Waals surface area contributed by atoms with Crippen LogP contribution in [-0.4, -0.2) is 54.6 Å². The first-order valence-electron chi connectivity index (χ1n) is 8.13. The summed E-state index contributed by atoms with van der Waals surface area (Å²) in [5.74, 6) is 0.513. The first-order chi connectivity index (χ1) is 11.8. The number of nitrogens with one attached hydrogen (secondary N) is 1. The molecule has 6 nitrogen and oxygen atoms in total. The van der Waals surface area contributed by atoms with Crippen LogP contribution in [0.3, 0.4) is 0 Å². The molecule has 1 fully saturated rings. The van der Waals surface area contributed by atoms with Gasteiger partial charge in [-0.3, -0.25) is 14.6 Å². The quantitative estimate of drug-likeness (QED) is 0.646. The monoisotopic (exact) mass is 326 g/mol. The smallest absolute Gasteiger partial charge is 0.254 e. The van der Waals surface area contributed by atoms with Crippen molar-refractivity contribution in [3.8, 4) is 0 Å². The number of nitrogens with zero attached hydrogens (tertiary/aromatic N) is 3. The lowest BCUT2D eigenvalue weighted by atomic mass is 10.2. The number of rotatable bonds is 6. The van der Waals surface area contributed by atoms with Gasteiger partial charge in [0, 0.05) is 32.7 Å². The maximum atomic E-state index is 11.9. The normalized spacial score (nSPS) is 16.5. The van der Waals surface area contributed by atoms with Gasteiger partial charge in [0.05, 0.1) is 19.0 Å². The SMILES string of the molecule is O=C(CN1CCN(Cc2ccccc2)CC1)N/N=C\c1ccco1. The zero-order valence-electron chi connectivity index (χ0n) is 13.6. The number of benzene rings is 1. The molecule has 24 heavy (non-hydrogen) atoms. The van der Waals surface area contributed by atoms with E-state index < -0.39 is 0 Å². The van der Waals surface area contributed by atoms with Crippen molar-refractivity contribution in [2.75, 3.05) is 32.7 Å². The van der Waals surface area contributed by atoms with Gasteiger partial charge in [-0.25, -0.2) is 5.43 Å². The van der Waals surface area contributed by atoms with Gasteiger partial charge in [-0.05, 0) is 17.7 Å². The molecule has 1 N–H and O–H groups in total. The topological polar surface area (TPSA) is 61.1 Å². The highest BCUT2D eigenvalue weighted by Crippen LogP contribution is 2.08. The Kier molecular flexibility index (Phi) is 5.76. The van der Waals surface area contributed by atoms with Crippen molar-refractivity contribution in [1.82, 2.24) is 15.2 Å². The van der Waals surface area contributed by atoms with E-state index in [-0.39, 0.29) is 5.91 Å². The van der Waals surface area contributed by atoms with Crippen LogP contribution < -0.4 is 5.43 Å². The Labute approximate surface area is 141 Å². The van der Waals surface area contributed by atoms with E-state index in [2.05, 4.69) is 44.6 Å². The fourth-order valence-electron chi connectivity index (χ4n) is 2.72. The number of piperazine rings is 1. The highest BCUT2D eigenvalue weighted by molar-refractivity contribution is 5.81. The molecule has 2 aromatic rings. The molecule has 0 spiro atoms. The van der Waals surface area contributed by atoms with Crippen LogP contribution in [0.4, 0.5) is 0 Å². The van der Waals surface area contributed by atoms with Crippen LogP contribution in [0.1, 0.15) is 11.3 Å². The third-order valence-corrected chi connectivity index (χ3v) is 4.01. The average Bonchev–Trinajstić information content (AvgIpc) is 3.11. The molecule has 0 atom stereocenters. The molecule has 1 aliphatic rings. The lowest BCUT2D eigenvalue weighted by Crippen LogP contribution is -2.48. The number of carbonyl (C=O) groups is 1. The predicted molar refractivity (Wildman–Crippen MR) is 92.6 cm³/mol. The number of hydrogen-bond donors (Lipinski definition) is 1. The molecule has 1 aromatic heterocycles. The van der Waals surface area contributed by atoms with Crippen LogP contribution >= 0.6 is 0 Å². The Morgan fingerprint density at radius 1 is 1.08 bits per heavy atom. The number of furan rings is 1. The second-order valence-electron chi connectivity index (χ2n) is 5.85. The molecule has 2 heterocycles. The minimum absolute atomic E-state index is 0.102. The van der Waals surface area contributed by atoms with Gasteiger partial charge in [0.2, 0.25) is 0 Å². The van der Waals surface area contributed by atoms with Crippen molar-refractivity contribution >= 4 is 12.1 Å². The minimum atomic E-state index is -0.102. The summed E-state index contributed by atoms with van der Waals surface area (Å²) in [6.07, 6.45) is 3.06. The molecule has 1 aliphatic heterocycles. The first-order valence-corrected chi connectivity index (χ1v) is 8.13. The fraction of sp³-hybridized carbons (Fsp3) is 0.333. The summed E-state index contributed by atoms with van der Waals surface area (Å²) in [7, 11) is 0. The summed E-state index contributed by atoms with van der Waals surface area (Å²) in [5, 5.41) is 3.89. The summed E-state index contributed by atoms with van der Waals surface area (Å²) < 4.78 is 5.11. The molecule has 6 heteroatoms. The van der Waals surface area contributed by atoms with E-state index in [9.17, 15) is 4.79 Å². The third-order valence-electron chi connectivity index (χ3n) is 4.01. The van der Waals surface area contributed by atoms with Crippen molar-refractivity contribution in [2.45, 2.75) is 6.54 Å². The van der Waals surface area contributed by atoms with E-state index in [1.54, 1.807) is 18.4 Å². The number of hydrogen-bond acceptors (Lipinski definition) is 5. The lowest BCUT2D eigenvalue weighted by molar-refractivity contribution is -0.122. The van der Waals surface area contributed by atoms with E-state index in [4.69, 9.17) is 4.42 Å². The molecule has 1 aromatic carbocycles. The van der Waals surface area contributed by atoms with E-state index in [0.29, 0.717) is 12.3 Å². The lowest BCUT2D eigenvalue weighted by Gasteiger charge is -2.34. The summed E-state index contributed by atoms with van der Waals surface area (Å²) in [6, 6.07) is 14.0. The van der Waals surface area contributed by atoms with Gasteiger partial charge in [0.25, 0.3) is 5.91 Å². The maximum absolute atomic E-state index is 11.9. The Balaban J connectivity index is 1.36. The van der Waals surface area contributed by atoms with Crippen molar-refractivity contribution in [3.63, 3.8) is 0 Å². The van der Waals surface area contributed by atoms with Crippen LogP contribution in [0.5, 0.6) is 0 Å². The summed E-state index contributed by atoms with van der Waals surface area (Å²) in [6.45, 7) is 5.06. The molecule has 1 saturated heterocycles. The van der Waals surface area contributed by atoms with Crippen molar-refractivity contribution in [1.29, 1.82) is 0 Å². The van der Waals surface area contributed by atoms with Gasteiger partial charge >= 0.3 is 0 Å². The number of carbonyl (C=O) groups excluding carboxylic acids is 1.